The highest BCUT2D eigenvalue weighted by Crippen LogP contribution is 2.33. The number of rotatable bonds is 11. The topological polar surface area (TPSA) is 81.7 Å². The molecule has 0 saturated heterocycles. The molecule has 0 saturated carbocycles. The summed E-state index contributed by atoms with van der Waals surface area (Å²) in [4.78, 5) is 37.8. The molecule has 40 heavy (non-hydrogen) atoms. The van der Waals surface area contributed by atoms with Crippen LogP contribution in [0.4, 0.5) is 13.2 Å². The molecule has 0 aromatic heterocycles. The van der Waals surface area contributed by atoms with E-state index in [2.05, 4.69) is 5.32 Å². The fourth-order valence-electron chi connectivity index (χ4n) is 4.70. The highest BCUT2D eigenvalue weighted by Gasteiger charge is 2.30. The zero-order valence-corrected chi connectivity index (χ0v) is 22.1. The largest absolute Gasteiger partial charge is 0.423 e. The van der Waals surface area contributed by atoms with E-state index in [1.807, 2.05) is 6.92 Å². The predicted molar refractivity (Wildman–Crippen MR) is 143 cm³/mol. The Bertz CT molecular complexity index is 1370. The summed E-state index contributed by atoms with van der Waals surface area (Å²) in [6.45, 7) is 2.92. The average molecular weight is 554 g/mol. The molecular formula is C31H30F3NO5. The van der Waals surface area contributed by atoms with Crippen LogP contribution in [0.3, 0.4) is 0 Å². The van der Waals surface area contributed by atoms with E-state index in [0.29, 0.717) is 42.9 Å². The quantitative estimate of drug-likeness (QED) is 0.228. The van der Waals surface area contributed by atoms with Gasteiger partial charge in [0.25, 0.3) is 0 Å². The zero-order valence-electron chi connectivity index (χ0n) is 22.1. The van der Waals surface area contributed by atoms with Gasteiger partial charge in [0, 0.05) is 26.0 Å². The van der Waals surface area contributed by atoms with Crippen LogP contribution in [-0.4, -0.2) is 37.3 Å². The van der Waals surface area contributed by atoms with Crippen molar-refractivity contribution in [1.82, 2.24) is 5.32 Å². The molecular weight excluding hydrogens is 523 g/mol. The summed E-state index contributed by atoms with van der Waals surface area (Å²) in [5.74, 6) is -0.382. The summed E-state index contributed by atoms with van der Waals surface area (Å²) < 4.78 is 49.7. The summed E-state index contributed by atoms with van der Waals surface area (Å²) in [6, 6.07) is 15.8. The number of hydrogen-bond acceptors (Lipinski definition) is 6. The fourth-order valence-corrected chi connectivity index (χ4v) is 4.70. The van der Waals surface area contributed by atoms with Crippen molar-refractivity contribution in [3.8, 4) is 16.9 Å². The first-order valence-electron chi connectivity index (χ1n) is 13.1. The number of carbonyl (C=O) groups excluding carboxylic acids is 3. The summed E-state index contributed by atoms with van der Waals surface area (Å²) in [6.07, 6.45) is -2.82. The average Bonchev–Trinajstić information content (AvgIpc) is 2.95. The maximum atomic E-state index is 13.1. The third-order valence-corrected chi connectivity index (χ3v) is 6.72. The predicted octanol–water partition coefficient (Wildman–Crippen LogP) is 6.12. The molecule has 0 aliphatic carbocycles. The number of carbonyl (C=O) groups is 3. The molecule has 6 nitrogen and oxygen atoms in total. The lowest BCUT2D eigenvalue weighted by Gasteiger charge is -2.26. The number of hydrogen-bond donors (Lipinski definition) is 1. The summed E-state index contributed by atoms with van der Waals surface area (Å²) >= 11 is 0. The Morgan fingerprint density at radius 1 is 0.975 bits per heavy atom. The maximum Gasteiger partial charge on any atom is 0.416 e. The number of ketones is 2. The van der Waals surface area contributed by atoms with Gasteiger partial charge in [0.05, 0.1) is 17.2 Å². The third kappa shape index (κ3) is 7.22. The normalized spacial score (nSPS) is 14.8. The SMILES string of the molecule is CCOCC(=O)CCCC(=O)C1NCCc2cc(OC(=O)c3ccccc3-c3ccc(C(F)(F)F)cc3)ccc21. The van der Waals surface area contributed by atoms with E-state index < -0.39 is 23.8 Å². The lowest BCUT2D eigenvalue weighted by Crippen LogP contribution is -2.35. The number of alkyl halides is 3. The monoisotopic (exact) mass is 553 g/mol. The molecule has 4 rings (SSSR count). The molecule has 0 spiro atoms. The molecule has 1 heterocycles. The van der Waals surface area contributed by atoms with Crippen LogP contribution in [0.1, 0.15) is 59.3 Å². The van der Waals surface area contributed by atoms with Crippen LogP contribution in [0.15, 0.2) is 66.7 Å². The number of Topliss-reactive ketones (excluding diaryl/α,β-unsaturated/α-hetero) is 2. The number of halogens is 3. The first-order valence-corrected chi connectivity index (χ1v) is 13.1. The zero-order chi connectivity index (χ0) is 28.7. The number of fused-ring (bicyclic) bond motifs is 1. The van der Waals surface area contributed by atoms with E-state index in [-0.39, 0.29) is 36.6 Å². The molecule has 1 aliphatic heterocycles. The Morgan fingerprint density at radius 2 is 1.73 bits per heavy atom. The Kier molecular flexibility index (Phi) is 9.50. The number of esters is 1. The minimum atomic E-state index is -4.45. The Balaban J connectivity index is 1.44. The van der Waals surface area contributed by atoms with E-state index in [9.17, 15) is 27.6 Å². The molecule has 9 heteroatoms. The molecule has 1 N–H and O–H groups in total. The van der Waals surface area contributed by atoms with Gasteiger partial charge in [0.15, 0.2) is 11.6 Å². The van der Waals surface area contributed by atoms with Gasteiger partial charge >= 0.3 is 12.1 Å². The van der Waals surface area contributed by atoms with Crippen LogP contribution in [-0.2, 0) is 26.9 Å². The van der Waals surface area contributed by atoms with Crippen LogP contribution >= 0.6 is 0 Å². The third-order valence-electron chi connectivity index (χ3n) is 6.72. The second-order valence-corrected chi connectivity index (χ2v) is 9.50. The smallest absolute Gasteiger partial charge is 0.416 e. The van der Waals surface area contributed by atoms with Gasteiger partial charge < -0.3 is 14.8 Å². The molecule has 0 amide bonds. The van der Waals surface area contributed by atoms with Gasteiger partial charge in [0.1, 0.15) is 12.4 Å². The van der Waals surface area contributed by atoms with Gasteiger partial charge in [0.2, 0.25) is 0 Å². The maximum absolute atomic E-state index is 13.1. The summed E-state index contributed by atoms with van der Waals surface area (Å²) in [7, 11) is 0. The Labute approximate surface area is 230 Å². The number of ether oxygens (including phenoxy) is 2. The van der Waals surface area contributed by atoms with E-state index in [4.69, 9.17) is 9.47 Å². The summed E-state index contributed by atoms with van der Waals surface area (Å²) in [5, 5.41) is 3.24. The van der Waals surface area contributed by atoms with Crippen molar-refractivity contribution in [2.24, 2.45) is 0 Å². The fraction of sp³-hybridized carbons (Fsp3) is 0.323. The first kappa shape index (κ1) is 29.2. The van der Waals surface area contributed by atoms with Crippen LogP contribution < -0.4 is 10.1 Å². The molecule has 210 valence electrons. The van der Waals surface area contributed by atoms with E-state index >= 15 is 0 Å². The van der Waals surface area contributed by atoms with Gasteiger partial charge in [-0.2, -0.15) is 13.2 Å². The lowest BCUT2D eigenvalue weighted by molar-refractivity contribution is -0.137. The Morgan fingerprint density at radius 3 is 2.45 bits per heavy atom. The lowest BCUT2D eigenvalue weighted by atomic mass is 9.90. The molecule has 3 aromatic rings. The standard InChI is InChI=1S/C31H30F3NO5/c1-2-39-19-23(36)6-5-9-28(37)29-26-15-14-24(18-21(26)16-17-35-29)40-30(38)27-8-4-3-7-25(27)20-10-12-22(13-11-20)31(32,33)34/h3-4,7-8,10-15,18,29,35H,2,5-6,9,16-17,19H2,1H3. The van der Waals surface area contributed by atoms with Gasteiger partial charge in [-0.1, -0.05) is 36.4 Å². The van der Waals surface area contributed by atoms with Crippen molar-refractivity contribution < 1.29 is 37.0 Å². The molecule has 1 aliphatic rings. The van der Waals surface area contributed by atoms with Gasteiger partial charge in [-0.3, -0.25) is 9.59 Å². The molecule has 1 unspecified atom stereocenters. The van der Waals surface area contributed by atoms with E-state index in [0.717, 1.165) is 23.3 Å². The number of nitrogens with one attached hydrogen (secondary N) is 1. The van der Waals surface area contributed by atoms with Crippen molar-refractivity contribution in [2.45, 2.75) is 44.8 Å². The van der Waals surface area contributed by atoms with Gasteiger partial charge in [-0.05, 0) is 72.4 Å². The van der Waals surface area contributed by atoms with E-state index in [1.165, 1.54) is 12.1 Å². The first-order chi connectivity index (χ1) is 19.2. The van der Waals surface area contributed by atoms with Crippen molar-refractivity contribution in [3.63, 3.8) is 0 Å². The highest BCUT2D eigenvalue weighted by molar-refractivity contribution is 5.98. The minimum absolute atomic E-state index is 0.0135. The van der Waals surface area contributed by atoms with Crippen LogP contribution in [0.5, 0.6) is 5.75 Å². The second kappa shape index (κ2) is 13.0. The van der Waals surface area contributed by atoms with Crippen molar-refractivity contribution in [3.05, 3.63) is 89.0 Å². The van der Waals surface area contributed by atoms with Crippen molar-refractivity contribution in [2.75, 3.05) is 19.8 Å². The van der Waals surface area contributed by atoms with Crippen molar-refractivity contribution >= 4 is 17.5 Å². The van der Waals surface area contributed by atoms with Crippen LogP contribution in [0.25, 0.3) is 11.1 Å². The molecule has 0 fully saturated rings. The minimum Gasteiger partial charge on any atom is -0.423 e. The number of benzene rings is 3. The Hall–Kier alpha value is -3.82. The molecule has 0 bridgehead atoms. The van der Waals surface area contributed by atoms with Crippen molar-refractivity contribution in [1.29, 1.82) is 0 Å². The second-order valence-electron chi connectivity index (χ2n) is 9.50. The van der Waals surface area contributed by atoms with Gasteiger partial charge in [-0.25, -0.2) is 4.79 Å². The van der Waals surface area contributed by atoms with E-state index in [1.54, 1.807) is 42.5 Å². The molecule has 0 radical (unpaired) electrons. The molecule has 1 atom stereocenters. The summed E-state index contributed by atoms with van der Waals surface area (Å²) in [5.41, 5.74) is 2.04. The highest BCUT2D eigenvalue weighted by atomic mass is 19.4. The van der Waals surface area contributed by atoms with Gasteiger partial charge in [-0.15, -0.1) is 0 Å². The van der Waals surface area contributed by atoms with Crippen LogP contribution in [0.2, 0.25) is 0 Å². The molecule has 3 aromatic carbocycles. The van der Waals surface area contributed by atoms with Crippen LogP contribution in [0, 0.1) is 0 Å².